The number of aryl methyl sites for hydroxylation is 1. The normalized spacial score (nSPS) is 11.5. The molecule has 17 heavy (non-hydrogen) atoms. The average Bonchev–Trinajstić information content (AvgIpc) is 2.74. The van der Waals surface area contributed by atoms with Crippen LogP contribution in [-0.2, 0) is 0 Å². The molecule has 0 spiro atoms. The molecule has 2 heterocycles. The van der Waals surface area contributed by atoms with Crippen LogP contribution >= 0.6 is 0 Å². The summed E-state index contributed by atoms with van der Waals surface area (Å²) < 4.78 is 5.43. The molecule has 0 radical (unpaired) electrons. The number of H-pyrrole nitrogens is 1. The van der Waals surface area contributed by atoms with Gasteiger partial charge < -0.3 is 15.7 Å². The maximum Gasteiger partial charge on any atom is 0.240 e. The average molecular weight is 233 g/mol. The quantitative estimate of drug-likeness (QED) is 0.317. The third-order valence-corrected chi connectivity index (χ3v) is 2.04. The fourth-order valence-corrected chi connectivity index (χ4v) is 1.27. The van der Waals surface area contributed by atoms with E-state index in [9.17, 15) is 0 Å². The number of pyridine rings is 1. The number of nitrogens with zero attached hydrogens (tertiary/aromatic N) is 3. The fraction of sp³-hybridized carbons (Fsp3) is 0.100. The summed E-state index contributed by atoms with van der Waals surface area (Å²) in [6, 6.07) is 5.01. The second-order valence-electron chi connectivity index (χ2n) is 3.33. The SMILES string of the molecule is Cc1cc(Oc2ncccc2/C(N)=N/O)n[nH]1. The third kappa shape index (κ3) is 2.33. The Kier molecular flexibility index (Phi) is 2.91. The van der Waals surface area contributed by atoms with Gasteiger partial charge in [-0.2, -0.15) is 0 Å². The molecular weight excluding hydrogens is 222 g/mol. The van der Waals surface area contributed by atoms with Crippen molar-refractivity contribution >= 4 is 5.84 Å². The molecule has 0 saturated heterocycles. The number of nitrogens with two attached hydrogens (primary N) is 1. The summed E-state index contributed by atoms with van der Waals surface area (Å²) in [5.74, 6) is 0.530. The molecule has 7 heteroatoms. The first kappa shape index (κ1) is 10.9. The van der Waals surface area contributed by atoms with Crippen LogP contribution in [-0.4, -0.2) is 26.2 Å². The summed E-state index contributed by atoms with van der Waals surface area (Å²) in [5.41, 5.74) is 6.77. The lowest BCUT2D eigenvalue weighted by Crippen LogP contribution is -2.14. The lowest BCUT2D eigenvalue weighted by molar-refractivity contribution is 0.318. The summed E-state index contributed by atoms with van der Waals surface area (Å²) >= 11 is 0. The van der Waals surface area contributed by atoms with Crippen LogP contribution in [0, 0.1) is 6.92 Å². The number of hydrogen-bond donors (Lipinski definition) is 3. The molecule has 0 bridgehead atoms. The van der Waals surface area contributed by atoms with Gasteiger partial charge in [0.1, 0.15) is 0 Å². The van der Waals surface area contributed by atoms with Gasteiger partial charge in [-0.1, -0.05) is 5.16 Å². The Balaban J connectivity index is 2.32. The van der Waals surface area contributed by atoms with Crippen molar-refractivity contribution < 1.29 is 9.94 Å². The van der Waals surface area contributed by atoms with Gasteiger partial charge in [0.2, 0.25) is 11.8 Å². The summed E-state index contributed by atoms with van der Waals surface area (Å²) in [6.07, 6.45) is 1.54. The van der Waals surface area contributed by atoms with E-state index in [4.69, 9.17) is 15.7 Å². The Morgan fingerprint density at radius 2 is 2.41 bits per heavy atom. The monoisotopic (exact) mass is 233 g/mol. The van der Waals surface area contributed by atoms with Gasteiger partial charge in [0.05, 0.1) is 5.56 Å². The zero-order valence-electron chi connectivity index (χ0n) is 9.08. The number of amidine groups is 1. The van der Waals surface area contributed by atoms with Gasteiger partial charge >= 0.3 is 0 Å². The van der Waals surface area contributed by atoms with E-state index < -0.39 is 0 Å². The van der Waals surface area contributed by atoms with E-state index in [0.29, 0.717) is 11.4 Å². The fourth-order valence-electron chi connectivity index (χ4n) is 1.27. The summed E-state index contributed by atoms with van der Waals surface area (Å²) in [7, 11) is 0. The molecule has 88 valence electrons. The molecule has 2 aromatic heterocycles. The molecule has 0 aliphatic heterocycles. The second kappa shape index (κ2) is 4.52. The van der Waals surface area contributed by atoms with E-state index in [1.165, 1.54) is 0 Å². The number of hydrogen-bond acceptors (Lipinski definition) is 5. The van der Waals surface area contributed by atoms with E-state index in [2.05, 4.69) is 20.3 Å². The first-order valence-electron chi connectivity index (χ1n) is 4.83. The van der Waals surface area contributed by atoms with E-state index in [0.717, 1.165) is 5.69 Å². The summed E-state index contributed by atoms with van der Waals surface area (Å²) in [4.78, 5) is 4.00. The first-order valence-corrected chi connectivity index (χ1v) is 4.83. The lowest BCUT2D eigenvalue weighted by Gasteiger charge is -2.05. The van der Waals surface area contributed by atoms with E-state index in [-0.39, 0.29) is 11.7 Å². The molecule has 0 amide bonds. The van der Waals surface area contributed by atoms with Gasteiger partial charge in [-0.25, -0.2) is 4.98 Å². The van der Waals surface area contributed by atoms with Gasteiger partial charge in [0.15, 0.2) is 5.84 Å². The molecule has 2 aromatic rings. The Hall–Kier alpha value is -2.57. The molecule has 0 fully saturated rings. The van der Waals surface area contributed by atoms with Crippen LogP contribution in [0.15, 0.2) is 29.6 Å². The van der Waals surface area contributed by atoms with Crippen molar-refractivity contribution in [3.05, 3.63) is 35.7 Å². The van der Waals surface area contributed by atoms with Crippen molar-refractivity contribution in [3.63, 3.8) is 0 Å². The molecule has 0 saturated carbocycles. The standard InChI is InChI=1S/C10H11N5O2/c1-6-5-8(14-13-6)17-10-7(9(11)15-16)3-2-4-12-10/h2-5,16H,1H3,(H2,11,15)(H,13,14). The van der Waals surface area contributed by atoms with Crippen LogP contribution in [0.25, 0.3) is 0 Å². The molecule has 0 unspecified atom stereocenters. The molecule has 0 aromatic carbocycles. The number of rotatable bonds is 3. The largest absolute Gasteiger partial charge is 0.418 e. The van der Waals surface area contributed by atoms with E-state index in [1.54, 1.807) is 24.4 Å². The molecule has 2 rings (SSSR count). The number of nitrogens with one attached hydrogen (secondary N) is 1. The van der Waals surface area contributed by atoms with Crippen molar-refractivity contribution in [3.8, 4) is 11.8 Å². The van der Waals surface area contributed by atoms with Gasteiger partial charge in [-0.15, -0.1) is 5.10 Å². The van der Waals surface area contributed by atoms with Crippen molar-refractivity contribution in [2.45, 2.75) is 6.92 Å². The van der Waals surface area contributed by atoms with E-state index in [1.807, 2.05) is 6.92 Å². The highest BCUT2D eigenvalue weighted by molar-refractivity contribution is 5.99. The van der Waals surface area contributed by atoms with Crippen LogP contribution in [0.1, 0.15) is 11.3 Å². The van der Waals surface area contributed by atoms with Crippen molar-refractivity contribution in [1.82, 2.24) is 15.2 Å². The van der Waals surface area contributed by atoms with Gasteiger partial charge in [-0.05, 0) is 19.1 Å². The van der Waals surface area contributed by atoms with E-state index >= 15 is 0 Å². The highest BCUT2D eigenvalue weighted by Crippen LogP contribution is 2.21. The first-order chi connectivity index (χ1) is 8.20. The van der Waals surface area contributed by atoms with Crippen molar-refractivity contribution in [1.29, 1.82) is 0 Å². The Morgan fingerprint density at radius 3 is 3.06 bits per heavy atom. The lowest BCUT2D eigenvalue weighted by atomic mass is 10.2. The smallest absolute Gasteiger partial charge is 0.240 e. The third-order valence-electron chi connectivity index (χ3n) is 2.04. The Morgan fingerprint density at radius 1 is 1.59 bits per heavy atom. The highest BCUT2D eigenvalue weighted by Gasteiger charge is 2.11. The number of ether oxygens (including phenoxy) is 1. The summed E-state index contributed by atoms with van der Waals surface area (Å²) in [6.45, 7) is 1.85. The minimum atomic E-state index is -0.0691. The Bertz CT molecular complexity index is 549. The number of aromatic nitrogens is 3. The van der Waals surface area contributed by atoms with Crippen LogP contribution in [0.4, 0.5) is 0 Å². The van der Waals surface area contributed by atoms with Crippen LogP contribution in [0.3, 0.4) is 0 Å². The molecule has 4 N–H and O–H groups in total. The van der Waals surface area contributed by atoms with Gasteiger partial charge in [0.25, 0.3) is 0 Å². The van der Waals surface area contributed by atoms with Crippen LogP contribution in [0.2, 0.25) is 0 Å². The maximum atomic E-state index is 8.64. The maximum absolute atomic E-state index is 8.64. The molecule has 0 atom stereocenters. The van der Waals surface area contributed by atoms with Gasteiger partial charge in [0, 0.05) is 18.0 Å². The number of oxime groups is 1. The van der Waals surface area contributed by atoms with Gasteiger partial charge in [-0.3, -0.25) is 5.10 Å². The predicted octanol–water partition coefficient (Wildman–Crippen LogP) is 1.000. The second-order valence-corrected chi connectivity index (χ2v) is 3.33. The molecular formula is C10H11N5O2. The minimum absolute atomic E-state index is 0.0691. The minimum Gasteiger partial charge on any atom is -0.418 e. The zero-order chi connectivity index (χ0) is 12.3. The zero-order valence-corrected chi connectivity index (χ0v) is 9.08. The van der Waals surface area contributed by atoms with Crippen LogP contribution in [0.5, 0.6) is 11.8 Å². The number of aromatic amines is 1. The van der Waals surface area contributed by atoms with Crippen LogP contribution < -0.4 is 10.5 Å². The van der Waals surface area contributed by atoms with Crippen molar-refractivity contribution in [2.75, 3.05) is 0 Å². The Labute approximate surface area is 96.9 Å². The summed E-state index contributed by atoms with van der Waals surface area (Å²) in [5, 5.41) is 18.2. The highest BCUT2D eigenvalue weighted by atomic mass is 16.5. The molecule has 0 aliphatic rings. The molecule has 7 nitrogen and oxygen atoms in total. The predicted molar refractivity (Wildman–Crippen MR) is 60.1 cm³/mol. The van der Waals surface area contributed by atoms with Crippen molar-refractivity contribution in [2.24, 2.45) is 10.9 Å². The molecule has 0 aliphatic carbocycles. The topological polar surface area (TPSA) is 109 Å².